The molecule has 1 aliphatic rings. The van der Waals surface area contributed by atoms with E-state index in [-0.39, 0.29) is 11.7 Å². The van der Waals surface area contributed by atoms with Gasteiger partial charge in [0.15, 0.2) is 17.6 Å². The summed E-state index contributed by atoms with van der Waals surface area (Å²) in [7, 11) is 0. The van der Waals surface area contributed by atoms with Gasteiger partial charge >= 0.3 is 0 Å². The van der Waals surface area contributed by atoms with Crippen molar-refractivity contribution in [2.45, 2.75) is 19.6 Å². The fourth-order valence-corrected chi connectivity index (χ4v) is 4.60. The molecule has 3 heterocycles. The second kappa shape index (κ2) is 6.80. The van der Waals surface area contributed by atoms with Gasteiger partial charge in [-0.05, 0) is 24.6 Å². The van der Waals surface area contributed by atoms with Gasteiger partial charge in [0.25, 0.3) is 5.56 Å². The number of hydrogen-bond donors (Lipinski definition) is 0. The average molecular weight is 390 g/mol. The largest absolute Gasteiger partial charge is 0.486 e. The number of aromatic nitrogens is 2. The first kappa shape index (κ1) is 17.0. The van der Waals surface area contributed by atoms with Gasteiger partial charge in [0.05, 0.1) is 18.3 Å². The van der Waals surface area contributed by atoms with Crippen molar-refractivity contribution in [2.75, 3.05) is 6.61 Å². The van der Waals surface area contributed by atoms with Gasteiger partial charge in [-0.3, -0.25) is 9.36 Å². The lowest BCUT2D eigenvalue weighted by atomic mass is 10.0. The first-order valence-electron chi connectivity index (χ1n) is 9.13. The Morgan fingerprint density at radius 1 is 1.11 bits per heavy atom. The van der Waals surface area contributed by atoms with Crippen LogP contribution in [0.15, 0.2) is 65.7 Å². The molecule has 0 saturated carbocycles. The lowest BCUT2D eigenvalue weighted by molar-refractivity contribution is 0.0777. The third-order valence-corrected chi connectivity index (χ3v) is 5.90. The summed E-state index contributed by atoms with van der Waals surface area (Å²) in [6.07, 6.45) is 1.37. The first-order valence-corrected chi connectivity index (χ1v) is 9.95. The summed E-state index contributed by atoms with van der Waals surface area (Å²) < 4.78 is 13.4. The molecule has 5 nitrogen and oxygen atoms in total. The molecule has 0 bridgehead atoms. The van der Waals surface area contributed by atoms with Crippen LogP contribution in [0.2, 0.25) is 0 Å². The summed E-state index contributed by atoms with van der Waals surface area (Å²) in [6.45, 7) is 2.82. The third-order valence-electron chi connectivity index (χ3n) is 4.89. The van der Waals surface area contributed by atoms with Crippen molar-refractivity contribution in [3.8, 4) is 22.6 Å². The summed E-state index contributed by atoms with van der Waals surface area (Å²) in [5.41, 5.74) is 1.96. The number of ether oxygens (including phenoxy) is 2. The number of hydrogen-bond acceptors (Lipinski definition) is 5. The number of thiophene rings is 1. The van der Waals surface area contributed by atoms with Gasteiger partial charge in [0.2, 0.25) is 0 Å². The molecule has 0 fully saturated rings. The molecule has 4 aromatic rings. The molecule has 2 aromatic heterocycles. The molecular weight excluding hydrogens is 372 g/mol. The number of fused-ring (bicyclic) bond motifs is 2. The van der Waals surface area contributed by atoms with E-state index in [4.69, 9.17) is 9.47 Å². The summed E-state index contributed by atoms with van der Waals surface area (Å²) in [6, 6.07) is 17.6. The van der Waals surface area contributed by atoms with Gasteiger partial charge in [-0.25, -0.2) is 4.98 Å². The predicted octanol–water partition coefficient (Wildman–Crippen LogP) is 4.27. The third kappa shape index (κ3) is 2.86. The Labute approximate surface area is 165 Å². The van der Waals surface area contributed by atoms with Crippen molar-refractivity contribution in [3.63, 3.8) is 0 Å². The molecule has 0 aliphatic carbocycles. The van der Waals surface area contributed by atoms with Crippen molar-refractivity contribution >= 4 is 21.6 Å². The van der Waals surface area contributed by atoms with Gasteiger partial charge in [-0.2, -0.15) is 0 Å². The smallest absolute Gasteiger partial charge is 0.262 e. The first-order chi connectivity index (χ1) is 13.7. The minimum Gasteiger partial charge on any atom is -0.486 e. The molecule has 140 valence electrons. The number of aryl methyl sites for hydroxylation is 1. The summed E-state index contributed by atoms with van der Waals surface area (Å²) in [4.78, 5) is 19.7. The van der Waals surface area contributed by atoms with Gasteiger partial charge < -0.3 is 9.47 Å². The highest BCUT2D eigenvalue weighted by molar-refractivity contribution is 7.19. The number of nitrogens with zero attached hydrogens (tertiary/aromatic N) is 2. The van der Waals surface area contributed by atoms with E-state index < -0.39 is 0 Å². The molecule has 0 radical (unpaired) electrons. The Morgan fingerprint density at radius 2 is 1.86 bits per heavy atom. The van der Waals surface area contributed by atoms with E-state index in [0.29, 0.717) is 24.3 Å². The summed E-state index contributed by atoms with van der Waals surface area (Å²) >= 11 is 1.55. The van der Waals surface area contributed by atoms with Crippen molar-refractivity contribution in [1.29, 1.82) is 0 Å². The Hall–Kier alpha value is -3.12. The average Bonchev–Trinajstić information content (AvgIpc) is 3.07. The van der Waals surface area contributed by atoms with E-state index in [0.717, 1.165) is 26.6 Å². The van der Waals surface area contributed by atoms with E-state index in [1.807, 2.05) is 61.5 Å². The maximum Gasteiger partial charge on any atom is 0.262 e. The quantitative estimate of drug-likeness (QED) is 0.524. The van der Waals surface area contributed by atoms with Crippen molar-refractivity contribution < 1.29 is 9.47 Å². The molecule has 1 atom stereocenters. The van der Waals surface area contributed by atoms with Crippen LogP contribution in [0.5, 0.6) is 11.5 Å². The van der Waals surface area contributed by atoms with Crippen LogP contribution in [0.1, 0.15) is 4.88 Å². The van der Waals surface area contributed by atoms with Gasteiger partial charge in [-0.15, -0.1) is 11.3 Å². The van der Waals surface area contributed by atoms with Crippen LogP contribution in [0.4, 0.5) is 0 Å². The van der Waals surface area contributed by atoms with Gasteiger partial charge in [0.1, 0.15) is 11.4 Å². The van der Waals surface area contributed by atoms with Crippen LogP contribution in [0.3, 0.4) is 0 Å². The van der Waals surface area contributed by atoms with Crippen molar-refractivity contribution in [2.24, 2.45) is 0 Å². The molecule has 5 rings (SSSR count). The van der Waals surface area contributed by atoms with Gasteiger partial charge in [-0.1, -0.05) is 42.5 Å². The van der Waals surface area contributed by atoms with Gasteiger partial charge in [0, 0.05) is 10.4 Å². The summed E-state index contributed by atoms with van der Waals surface area (Å²) in [5, 5.41) is 0.674. The highest BCUT2D eigenvalue weighted by Crippen LogP contribution is 2.35. The molecule has 1 aliphatic heterocycles. The molecule has 2 aromatic carbocycles. The van der Waals surface area contributed by atoms with E-state index >= 15 is 0 Å². The fraction of sp³-hybridized carbons (Fsp3) is 0.182. The lowest BCUT2D eigenvalue weighted by Crippen LogP contribution is -2.36. The highest BCUT2D eigenvalue weighted by Gasteiger charge is 2.23. The number of rotatable bonds is 3. The second-order valence-corrected chi connectivity index (χ2v) is 7.98. The van der Waals surface area contributed by atoms with E-state index in [1.165, 1.54) is 0 Å². The zero-order chi connectivity index (χ0) is 19.1. The number of benzene rings is 2. The SMILES string of the molecule is Cc1sc2ncn(CC3COc4ccccc4O3)c(=O)c2c1-c1ccccc1. The number of para-hydroxylation sites is 2. The molecule has 1 unspecified atom stereocenters. The summed E-state index contributed by atoms with van der Waals surface area (Å²) in [5.74, 6) is 1.44. The highest BCUT2D eigenvalue weighted by atomic mass is 32.1. The van der Waals surface area contributed by atoms with Crippen LogP contribution in [-0.2, 0) is 6.54 Å². The molecular formula is C22H18N2O3S. The minimum absolute atomic E-state index is 0.0457. The molecule has 28 heavy (non-hydrogen) atoms. The lowest BCUT2D eigenvalue weighted by Gasteiger charge is -2.26. The molecule has 6 heteroatoms. The fourth-order valence-electron chi connectivity index (χ4n) is 3.59. The minimum atomic E-state index is -0.244. The molecule has 0 N–H and O–H groups in total. The Bertz CT molecular complexity index is 1210. The topological polar surface area (TPSA) is 53.4 Å². The molecule has 0 amide bonds. The van der Waals surface area contributed by atoms with E-state index in [1.54, 1.807) is 22.2 Å². The standard InChI is InChI=1S/C22H18N2O3S/c1-14-19(15-7-3-2-4-8-15)20-21(28-14)23-13-24(22(20)25)11-16-12-26-17-9-5-6-10-18(17)27-16/h2-10,13,16H,11-12H2,1H3. The Kier molecular flexibility index (Phi) is 4.13. The molecule has 0 spiro atoms. The predicted molar refractivity (Wildman–Crippen MR) is 110 cm³/mol. The van der Waals surface area contributed by atoms with Crippen LogP contribution < -0.4 is 15.0 Å². The van der Waals surface area contributed by atoms with Crippen LogP contribution in [0.25, 0.3) is 21.3 Å². The zero-order valence-electron chi connectivity index (χ0n) is 15.3. The maximum absolute atomic E-state index is 13.3. The van der Waals surface area contributed by atoms with E-state index in [9.17, 15) is 4.79 Å². The van der Waals surface area contributed by atoms with E-state index in [2.05, 4.69) is 4.98 Å². The Morgan fingerprint density at radius 3 is 2.68 bits per heavy atom. The van der Waals surface area contributed by atoms with Crippen LogP contribution in [-0.4, -0.2) is 22.3 Å². The Balaban J connectivity index is 1.53. The zero-order valence-corrected chi connectivity index (χ0v) is 16.1. The van der Waals surface area contributed by atoms with Crippen LogP contribution >= 0.6 is 11.3 Å². The normalized spacial score (nSPS) is 15.7. The van der Waals surface area contributed by atoms with Crippen LogP contribution in [0, 0.1) is 6.92 Å². The van der Waals surface area contributed by atoms with Crippen molar-refractivity contribution in [3.05, 3.63) is 76.2 Å². The molecule has 0 saturated heterocycles. The maximum atomic E-state index is 13.3. The monoisotopic (exact) mass is 390 g/mol. The van der Waals surface area contributed by atoms with Crippen molar-refractivity contribution in [1.82, 2.24) is 9.55 Å². The second-order valence-electron chi connectivity index (χ2n) is 6.78.